The molecule has 292 valence electrons. The molecule has 0 N–H and O–H groups in total. The molecule has 0 unspecified atom stereocenters. The number of hydrogen-bond donors (Lipinski definition) is 0. The first kappa shape index (κ1) is 80.3. The fraction of sp³-hybridized carbons (Fsp3) is 0.684. The van der Waals surface area contributed by atoms with E-state index in [1.165, 1.54) is 58.5 Å². The van der Waals surface area contributed by atoms with Gasteiger partial charge in [-0.3, -0.25) is 0 Å². The van der Waals surface area contributed by atoms with E-state index in [1.54, 1.807) is 11.1 Å². The van der Waals surface area contributed by atoms with Gasteiger partial charge < -0.3 is 0 Å². The molecule has 2 aromatic carbocycles. The van der Waals surface area contributed by atoms with Crippen LogP contribution in [0.4, 0.5) is 16.9 Å². The zero-order chi connectivity index (χ0) is 25.9. The summed E-state index contributed by atoms with van der Waals surface area (Å²) in [4.78, 5) is 0. The number of halogens is 7. The average molecular weight is 906 g/mol. The van der Waals surface area contributed by atoms with E-state index in [9.17, 15) is 16.9 Å². The van der Waals surface area contributed by atoms with Crippen molar-refractivity contribution < 1.29 is 38.1 Å². The first-order chi connectivity index (χ1) is 15.7. The van der Waals surface area contributed by atoms with Crippen molar-refractivity contribution in [3.05, 3.63) is 66.8 Å². The Labute approximate surface area is 302 Å². The average Bonchev–Trinajstić information content (AvgIpc) is 2.72. The van der Waals surface area contributed by atoms with E-state index >= 15 is 0 Å². The predicted molar refractivity (Wildman–Crippen MR) is 209 cm³/mol. The zero-order valence-corrected chi connectivity index (χ0v) is 25.2. The molecule has 8 heteroatoms. The van der Waals surface area contributed by atoms with Crippen molar-refractivity contribution in [2.24, 2.45) is 0 Å². The van der Waals surface area contributed by atoms with E-state index in [4.69, 9.17) is 0 Å². The van der Waals surface area contributed by atoms with E-state index in [0.717, 1.165) is 11.8 Å². The van der Waals surface area contributed by atoms with Gasteiger partial charge in [-0.1, -0.05) is 167 Å². The second kappa shape index (κ2) is 34.4. The molecule has 0 aromatic heterocycles. The van der Waals surface area contributed by atoms with Crippen molar-refractivity contribution in [1.82, 2.24) is 0 Å². The molecule has 0 saturated heterocycles. The van der Waals surface area contributed by atoms with Gasteiger partial charge >= 0.3 is 57.6 Å². The molecule has 0 aliphatic carbocycles. The standard InChI is InChI=1S/C26H38I.12CH4.6FH.Sb/c1-5-9-21(10-6-2)23-13-17-25(18-14-23)27-26-19-15-24(16-20-26)22(11-7-3)12-8-4;;;;;;;;;;;;;;;;;;;/h13-22H,5-12H2,1-4H3;12*1H4;6*1H;/q+1;;;;;;;;;;;;;;;;;;;+5/p-6. The van der Waals surface area contributed by atoms with E-state index in [0.29, 0.717) is 0 Å². The SMILES string of the molecule is C.C.C.C.C.C.C.C.C.C.C.C.CCCC(CCC)c1ccc([I+]c2ccc(C(CCC)CCC)cc2)cc1.[F][Sb-]([F])([F])([F])([F])[F]. The van der Waals surface area contributed by atoms with Crippen LogP contribution in [-0.4, -0.2) is 19.5 Å². The summed E-state index contributed by atoms with van der Waals surface area (Å²) in [6.07, 6.45) is 10.4. The van der Waals surface area contributed by atoms with Gasteiger partial charge in [-0.05, 0) is 72.9 Å². The van der Waals surface area contributed by atoms with Gasteiger partial charge in [-0.2, -0.15) is 0 Å². The summed E-state index contributed by atoms with van der Waals surface area (Å²) in [6.45, 7) is 9.21. The molecule has 0 radical (unpaired) electrons. The Bertz CT molecular complexity index is 756. The van der Waals surface area contributed by atoms with Crippen LogP contribution in [0.5, 0.6) is 0 Å². The van der Waals surface area contributed by atoms with Crippen molar-refractivity contribution in [3.63, 3.8) is 0 Å². The van der Waals surface area contributed by atoms with Crippen LogP contribution in [-0.2, 0) is 0 Å². The maximum absolute atomic E-state index is 11.2. The molecule has 2 aromatic rings. The minimum atomic E-state index is -11.2. The third-order valence-corrected chi connectivity index (χ3v) is 8.13. The van der Waals surface area contributed by atoms with Crippen LogP contribution in [0.3, 0.4) is 0 Å². The molecule has 0 fully saturated rings. The van der Waals surface area contributed by atoms with E-state index in [1.807, 2.05) is 0 Å². The predicted octanol–water partition coefficient (Wildman–Crippen LogP) is 15.0. The number of benzene rings is 2. The Morgan fingerprint density at radius 1 is 0.413 bits per heavy atom. The molecule has 0 heterocycles. The normalized spacial score (nSPS) is 10.3. The summed E-state index contributed by atoms with van der Waals surface area (Å²) in [6, 6.07) is 19.2. The molecule has 0 bridgehead atoms. The summed E-state index contributed by atoms with van der Waals surface area (Å²) < 4.78 is 62.6. The van der Waals surface area contributed by atoms with Gasteiger partial charge in [0.1, 0.15) is 0 Å². The second-order valence-corrected chi connectivity index (χ2v) is 17.2. The summed E-state index contributed by atoms with van der Waals surface area (Å²) in [5.74, 6) is 1.50. The molecule has 46 heavy (non-hydrogen) atoms. The fourth-order valence-corrected chi connectivity index (χ4v) is 6.23. The van der Waals surface area contributed by atoms with Gasteiger partial charge in [0.25, 0.3) is 0 Å². The molecule has 0 aliphatic rings. The molecular weight excluding hydrogens is 819 g/mol. The molecule has 0 saturated carbocycles. The molecular formula is C38H86F6ISb. The van der Waals surface area contributed by atoms with Crippen molar-refractivity contribution in [3.8, 4) is 0 Å². The maximum atomic E-state index is 9.93. The molecule has 0 amide bonds. The van der Waals surface area contributed by atoms with Gasteiger partial charge in [0.2, 0.25) is 0 Å². The second-order valence-electron chi connectivity index (χ2n) is 8.70. The van der Waals surface area contributed by atoms with Crippen molar-refractivity contribution in [2.45, 2.75) is 180 Å². The molecule has 2 rings (SSSR count). The number of hydrogen-bond acceptors (Lipinski definition) is 0. The first-order valence-corrected chi connectivity index (χ1v) is 20.0. The molecule has 0 nitrogen and oxygen atoms in total. The summed E-state index contributed by atoms with van der Waals surface area (Å²) in [5, 5.41) is 0. The van der Waals surface area contributed by atoms with Gasteiger partial charge in [0.05, 0.1) is 0 Å². The topological polar surface area (TPSA) is 0 Å². The minimum absolute atomic E-state index is 0. The van der Waals surface area contributed by atoms with Crippen LogP contribution < -0.4 is 21.2 Å². The van der Waals surface area contributed by atoms with E-state index in [2.05, 4.69) is 76.2 Å². The van der Waals surface area contributed by atoms with Crippen molar-refractivity contribution in [1.29, 1.82) is 0 Å². The third-order valence-electron chi connectivity index (χ3n) is 5.45. The van der Waals surface area contributed by atoms with Crippen LogP contribution in [0, 0.1) is 7.14 Å². The third kappa shape index (κ3) is 41.6. The number of rotatable bonds is 12. The monoisotopic (exact) mass is 904 g/mol. The summed E-state index contributed by atoms with van der Waals surface area (Å²) in [5.41, 5.74) is 3.09. The molecule has 0 spiro atoms. The Balaban J connectivity index is -0.0000000553. The van der Waals surface area contributed by atoms with Crippen LogP contribution in [0.25, 0.3) is 0 Å². The van der Waals surface area contributed by atoms with E-state index < -0.39 is 19.5 Å². The van der Waals surface area contributed by atoms with Crippen LogP contribution in [0.15, 0.2) is 48.5 Å². The quantitative estimate of drug-likeness (QED) is 0.113. The van der Waals surface area contributed by atoms with Crippen molar-refractivity contribution in [2.75, 3.05) is 0 Å². The molecule has 0 atom stereocenters. The van der Waals surface area contributed by atoms with Gasteiger partial charge in [-0.15, -0.1) is 0 Å². The van der Waals surface area contributed by atoms with Crippen LogP contribution in [0.1, 0.15) is 191 Å². The van der Waals surface area contributed by atoms with Crippen LogP contribution >= 0.6 is 0 Å². The Morgan fingerprint density at radius 2 is 0.587 bits per heavy atom. The van der Waals surface area contributed by atoms with E-state index in [-0.39, 0.29) is 110 Å². The van der Waals surface area contributed by atoms with Gasteiger partial charge in [-0.25, -0.2) is 0 Å². The Hall–Kier alpha value is -0.432. The van der Waals surface area contributed by atoms with Crippen molar-refractivity contribution >= 4 is 19.5 Å². The Kier molecular flexibility index (Phi) is 60.1. The fourth-order valence-electron chi connectivity index (χ4n) is 4.07. The first-order valence-electron chi connectivity index (χ1n) is 12.1. The van der Waals surface area contributed by atoms with Crippen LogP contribution in [0.2, 0.25) is 0 Å². The molecule has 0 aliphatic heterocycles. The zero-order valence-electron chi connectivity index (χ0n) is 20.5. The Morgan fingerprint density at radius 3 is 0.739 bits per heavy atom. The summed E-state index contributed by atoms with van der Waals surface area (Å²) >= 11 is -11.3. The van der Waals surface area contributed by atoms with Gasteiger partial charge in [0, 0.05) is 0 Å². The summed E-state index contributed by atoms with van der Waals surface area (Å²) in [7, 11) is 0. The van der Waals surface area contributed by atoms with Gasteiger partial charge in [0.15, 0.2) is 7.14 Å².